The largest absolute Gasteiger partial charge is 0.459 e. The molecule has 0 spiro atoms. The van der Waals surface area contributed by atoms with Gasteiger partial charge in [0.15, 0.2) is 5.76 Å². The average molecular weight is 318 g/mol. The summed E-state index contributed by atoms with van der Waals surface area (Å²) >= 11 is 0. The van der Waals surface area contributed by atoms with Crippen LogP contribution in [0.15, 0.2) is 67.5 Å². The third-order valence-corrected chi connectivity index (χ3v) is 4.65. The SMILES string of the molecule is CCNc1oc(-c2ccco2)nc1S(=O)(=O)c1ccccc1. The maximum atomic E-state index is 12.7. The van der Waals surface area contributed by atoms with E-state index in [9.17, 15) is 8.42 Å². The van der Waals surface area contributed by atoms with E-state index in [0.29, 0.717) is 12.3 Å². The lowest BCUT2D eigenvalue weighted by atomic mass is 10.4. The number of sulfone groups is 1. The summed E-state index contributed by atoms with van der Waals surface area (Å²) in [6.07, 6.45) is 1.47. The van der Waals surface area contributed by atoms with E-state index in [4.69, 9.17) is 8.83 Å². The van der Waals surface area contributed by atoms with Crippen molar-refractivity contribution in [3.05, 3.63) is 48.7 Å². The molecular formula is C15H14N2O4S. The van der Waals surface area contributed by atoms with Crippen molar-refractivity contribution in [1.82, 2.24) is 4.98 Å². The summed E-state index contributed by atoms with van der Waals surface area (Å²) in [4.78, 5) is 4.27. The van der Waals surface area contributed by atoms with Crippen molar-refractivity contribution in [3.8, 4) is 11.7 Å². The third-order valence-electron chi connectivity index (χ3n) is 2.97. The lowest BCUT2D eigenvalue weighted by molar-refractivity contribution is 0.523. The molecule has 0 bridgehead atoms. The maximum absolute atomic E-state index is 12.7. The number of nitrogens with one attached hydrogen (secondary N) is 1. The predicted molar refractivity (Wildman–Crippen MR) is 80.3 cm³/mol. The minimum atomic E-state index is -3.77. The lowest BCUT2D eigenvalue weighted by Gasteiger charge is -2.03. The molecule has 114 valence electrons. The molecule has 1 aromatic carbocycles. The van der Waals surface area contributed by atoms with Gasteiger partial charge >= 0.3 is 0 Å². The number of rotatable bonds is 5. The van der Waals surface area contributed by atoms with E-state index in [1.165, 1.54) is 18.4 Å². The molecule has 1 N–H and O–H groups in total. The Balaban J connectivity index is 2.13. The summed E-state index contributed by atoms with van der Waals surface area (Å²) < 4.78 is 36.2. The van der Waals surface area contributed by atoms with Gasteiger partial charge in [0, 0.05) is 6.54 Å². The van der Waals surface area contributed by atoms with Crippen LogP contribution in [0.25, 0.3) is 11.7 Å². The summed E-state index contributed by atoms with van der Waals surface area (Å²) in [7, 11) is -3.77. The maximum Gasteiger partial charge on any atom is 0.266 e. The first-order valence-corrected chi connectivity index (χ1v) is 8.20. The minimum absolute atomic E-state index is 0.109. The molecule has 0 aliphatic carbocycles. The van der Waals surface area contributed by atoms with Crippen molar-refractivity contribution < 1.29 is 17.3 Å². The third kappa shape index (κ3) is 2.50. The molecule has 2 heterocycles. The lowest BCUT2D eigenvalue weighted by Crippen LogP contribution is -2.06. The average Bonchev–Trinajstić information content (AvgIpc) is 3.17. The molecular weight excluding hydrogens is 304 g/mol. The molecule has 0 saturated carbocycles. The molecule has 0 fully saturated rings. The first kappa shape index (κ1) is 14.4. The standard InChI is InChI=1S/C15H14N2O4S/c1-2-16-14-15(17-13(21-14)12-9-6-10-20-12)22(18,19)11-7-4-3-5-8-11/h3-10,16H,2H2,1H3. The van der Waals surface area contributed by atoms with Gasteiger partial charge in [-0.05, 0) is 31.2 Å². The van der Waals surface area contributed by atoms with Gasteiger partial charge in [-0.1, -0.05) is 18.2 Å². The number of nitrogens with zero attached hydrogens (tertiary/aromatic N) is 1. The highest BCUT2D eigenvalue weighted by Crippen LogP contribution is 2.32. The molecule has 0 aliphatic rings. The molecule has 3 rings (SSSR count). The smallest absolute Gasteiger partial charge is 0.266 e. The summed E-state index contributed by atoms with van der Waals surface area (Å²) in [5.41, 5.74) is 0. The van der Waals surface area contributed by atoms with Crippen molar-refractivity contribution in [2.45, 2.75) is 16.8 Å². The minimum Gasteiger partial charge on any atom is -0.459 e. The van der Waals surface area contributed by atoms with Crippen LogP contribution < -0.4 is 5.32 Å². The molecule has 0 radical (unpaired) electrons. The second-order valence-corrected chi connectivity index (χ2v) is 6.34. The number of hydrogen-bond donors (Lipinski definition) is 1. The zero-order chi connectivity index (χ0) is 15.6. The van der Waals surface area contributed by atoms with Crippen LogP contribution in [0.4, 0.5) is 5.88 Å². The number of aromatic nitrogens is 1. The Kier molecular flexibility index (Phi) is 3.72. The van der Waals surface area contributed by atoms with Crippen LogP contribution in [0, 0.1) is 0 Å². The summed E-state index contributed by atoms with van der Waals surface area (Å²) in [6.45, 7) is 2.35. The molecule has 0 unspecified atom stereocenters. The highest BCUT2D eigenvalue weighted by atomic mass is 32.2. The van der Waals surface area contributed by atoms with Crippen molar-refractivity contribution in [3.63, 3.8) is 0 Å². The zero-order valence-corrected chi connectivity index (χ0v) is 12.6. The van der Waals surface area contributed by atoms with Gasteiger partial charge in [0.05, 0.1) is 11.2 Å². The van der Waals surface area contributed by atoms with Gasteiger partial charge in [0.25, 0.3) is 5.89 Å². The van der Waals surface area contributed by atoms with Crippen molar-refractivity contribution in [1.29, 1.82) is 0 Å². The van der Waals surface area contributed by atoms with Gasteiger partial charge < -0.3 is 14.2 Å². The molecule has 0 atom stereocenters. The molecule has 0 aliphatic heterocycles. The molecule has 6 nitrogen and oxygen atoms in total. The fraction of sp³-hybridized carbons (Fsp3) is 0.133. The van der Waals surface area contributed by atoms with E-state index in [1.807, 2.05) is 6.92 Å². The fourth-order valence-electron chi connectivity index (χ4n) is 1.98. The normalized spacial score (nSPS) is 11.5. The van der Waals surface area contributed by atoms with Crippen LogP contribution in [0.2, 0.25) is 0 Å². The Bertz CT molecular complexity index is 852. The Morgan fingerprint density at radius 2 is 1.91 bits per heavy atom. The number of benzene rings is 1. The Morgan fingerprint density at radius 1 is 1.14 bits per heavy atom. The van der Waals surface area contributed by atoms with Gasteiger partial charge in [0.1, 0.15) is 0 Å². The number of anilines is 1. The van der Waals surface area contributed by atoms with Gasteiger partial charge in [-0.2, -0.15) is 4.98 Å². The van der Waals surface area contributed by atoms with Gasteiger partial charge in [-0.3, -0.25) is 0 Å². The van der Waals surface area contributed by atoms with E-state index in [2.05, 4.69) is 10.3 Å². The number of hydrogen-bond acceptors (Lipinski definition) is 6. The van der Waals surface area contributed by atoms with Crippen LogP contribution >= 0.6 is 0 Å². The topological polar surface area (TPSA) is 85.3 Å². The summed E-state index contributed by atoms with van der Waals surface area (Å²) in [6, 6.07) is 11.4. The van der Waals surface area contributed by atoms with E-state index < -0.39 is 9.84 Å². The van der Waals surface area contributed by atoms with Crippen LogP contribution in [0.3, 0.4) is 0 Å². The highest BCUT2D eigenvalue weighted by molar-refractivity contribution is 7.91. The van der Waals surface area contributed by atoms with Crippen LogP contribution in [0.1, 0.15) is 6.92 Å². The van der Waals surface area contributed by atoms with Gasteiger partial charge in [0.2, 0.25) is 20.7 Å². The molecule has 0 amide bonds. The summed E-state index contributed by atoms with van der Waals surface area (Å²) in [5.74, 6) is 0.599. The van der Waals surface area contributed by atoms with E-state index in [1.54, 1.807) is 30.3 Å². The van der Waals surface area contributed by atoms with Crippen LogP contribution in [0.5, 0.6) is 0 Å². The van der Waals surface area contributed by atoms with E-state index >= 15 is 0 Å². The number of oxazole rings is 1. The van der Waals surface area contributed by atoms with E-state index in [-0.39, 0.29) is 21.7 Å². The second-order valence-electron chi connectivity index (χ2n) is 4.48. The first-order valence-electron chi connectivity index (χ1n) is 6.71. The van der Waals surface area contributed by atoms with Gasteiger partial charge in [-0.25, -0.2) is 8.42 Å². The fourth-order valence-corrected chi connectivity index (χ4v) is 3.28. The van der Waals surface area contributed by atoms with Gasteiger partial charge in [-0.15, -0.1) is 0 Å². The Hall–Kier alpha value is -2.54. The Morgan fingerprint density at radius 3 is 2.55 bits per heavy atom. The van der Waals surface area contributed by atoms with E-state index in [0.717, 1.165) is 0 Å². The molecule has 2 aromatic heterocycles. The van der Waals surface area contributed by atoms with Crippen molar-refractivity contribution in [2.24, 2.45) is 0 Å². The molecule has 7 heteroatoms. The number of furan rings is 1. The molecule has 22 heavy (non-hydrogen) atoms. The quantitative estimate of drug-likeness (QED) is 0.777. The molecule has 0 saturated heterocycles. The van der Waals surface area contributed by atoms with Crippen molar-refractivity contribution in [2.75, 3.05) is 11.9 Å². The van der Waals surface area contributed by atoms with Crippen molar-refractivity contribution >= 4 is 15.7 Å². The van der Waals surface area contributed by atoms with Crippen LogP contribution in [-0.2, 0) is 9.84 Å². The Labute approximate surface area is 127 Å². The summed E-state index contributed by atoms with van der Waals surface area (Å²) in [5, 5.41) is 2.74. The first-order chi connectivity index (χ1) is 10.6. The highest BCUT2D eigenvalue weighted by Gasteiger charge is 2.28. The monoisotopic (exact) mass is 318 g/mol. The second kappa shape index (κ2) is 5.69. The van der Waals surface area contributed by atoms with Crippen LogP contribution in [-0.4, -0.2) is 19.9 Å². The molecule has 3 aromatic rings. The predicted octanol–water partition coefficient (Wildman–Crippen LogP) is 3.20. The zero-order valence-electron chi connectivity index (χ0n) is 11.8.